The van der Waals surface area contributed by atoms with Gasteiger partial charge in [-0.25, -0.2) is 0 Å². The fourth-order valence-corrected chi connectivity index (χ4v) is 19.5. The van der Waals surface area contributed by atoms with Gasteiger partial charge < -0.3 is 0 Å². The van der Waals surface area contributed by atoms with Gasteiger partial charge in [0.1, 0.15) is 0 Å². The van der Waals surface area contributed by atoms with Crippen LogP contribution < -0.4 is 13.2 Å². The van der Waals surface area contributed by atoms with Gasteiger partial charge in [0.15, 0.2) is 0 Å². The number of halogens is 1. The molecular formula is C27H33ClGe. The first-order valence-corrected chi connectivity index (χ1v) is 16.3. The average molecular weight is 466 g/mol. The molecule has 0 aliphatic rings. The Morgan fingerprint density at radius 2 is 0.586 bits per heavy atom. The fraction of sp³-hybridized carbons (Fsp3) is 0.333. The van der Waals surface area contributed by atoms with Crippen LogP contribution in [0.2, 0.25) is 0 Å². The van der Waals surface area contributed by atoms with Crippen LogP contribution in [0.15, 0.2) is 36.4 Å². The SMILES string of the molecule is Cc1cc(C)[c]([Ge]([Cl])([c]2c(C)cc(C)cc2C)[c]2c(C)cc(C)cc2C)c(C)c1. The molecule has 0 heterocycles. The summed E-state index contributed by atoms with van der Waals surface area (Å²) in [5.41, 5.74) is 11.9. The monoisotopic (exact) mass is 466 g/mol. The van der Waals surface area contributed by atoms with E-state index in [1.54, 1.807) is 0 Å². The Hall–Kier alpha value is -1.51. The molecule has 0 amide bonds. The topological polar surface area (TPSA) is 0 Å². The summed E-state index contributed by atoms with van der Waals surface area (Å²) in [6.07, 6.45) is 0. The van der Waals surface area contributed by atoms with Crippen LogP contribution in [-0.2, 0) is 0 Å². The van der Waals surface area contributed by atoms with Crippen LogP contribution in [0, 0.1) is 62.3 Å². The normalized spacial score (nSPS) is 11.8. The molecule has 0 fully saturated rings. The summed E-state index contributed by atoms with van der Waals surface area (Å²) in [5.74, 6) is 0. The van der Waals surface area contributed by atoms with Gasteiger partial charge in [-0.15, -0.1) is 0 Å². The number of hydrogen-bond donors (Lipinski definition) is 0. The van der Waals surface area contributed by atoms with E-state index in [9.17, 15) is 0 Å². The van der Waals surface area contributed by atoms with Gasteiger partial charge in [-0.05, 0) is 0 Å². The molecule has 3 rings (SSSR count). The Kier molecular flexibility index (Phi) is 6.09. The molecule has 3 aromatic rings. The van der Waals surface area contributed by atoms with Gasteiger partial charge in [-0.2, -0.15) is 0 Å². The molecule has 0 radical (unpaired) electrons. The summed E-state index contributed by atoms with van der Waals surface area (Å²) < 4.78 is 4.21. The summed E-state index contributed by atoms with van der Waals surface area (Å²) in [6.45, 7) is 20.0. The van der Waals surface area contributed by atoms with Crippen molar-refractivity contribution in [3.05, 3.63) is 86.5 Å². The van der Waals surface area contributed by atoms with E-state index in [0.29, 0.717) is 0 Å². The van der Waals surface area contributed by atoms with E-state index in [4.69, 9.17) is 10.0 Å². The summed E-state index contributed by atoms with van der Waals surface area (Å²) in [5, 5.41) is 0. The van der Waals surface area contributed by atoms with Crippen molar-refractivity contribution in [2.45, 2.75) is 62.3 Å². The van der Waals surface area contributed by atoms with Crippen molar-refractivity contribution in [1.29, 1.82) is 0 Å². The Balaban J connectivity index is 2.55. The van der Waals surface area contributed by atoms with Crippen LogP contribution in [0.3, 0.4) is 0 Å². The molecule has 0 bridgehead atoms. The van der Waals surface area contributed by atoms with Gasteiger partial charge in [0, 0.05) is 0 Å². The predicted molar refractivity (Wildman–Crippen MR) is 132 cm³/mol. The summed E-state index contributed by atoms with van der Waals surface area (Å²) >= 11 is -3.45. The van der Waals surface area contributed by atoms with Crippen molar-refractivity contribution in [2.24, 2.45) is 0 Å². The molecule has 0 spiro atoms. The predicted octanol–water partition coefficient (Wildman–Crippen LogP) is 5.67. The Bertz CT molecular complexity index is 899. The van der Waals surface area contributed by atoms with Crippen molar-refractivity contribution in [3.63, 3.8) is 0 Å². The van der Waals surface area contributed by atoms with Gasteiger partial charge >= 0.3 is 184 Å². The van der Waals surface area contributed by atoms with Crippen molar-refractivity contribution >= 4 is 35.5 Å². The summed E-state index contributed by atoms with van der Waals surface area (Å²) in [7, 11) is 8.09. The third-order valence-electron chi connectivity index (χ3n) is 6.06. The molecule has 152 valence electrons. The second-order valence-electron chi connectivity index (χ2n) is 8.98. The quantitative estimate of drug-likeness (QED) is 0.438. The third-order valence-corrected chi connectivity index (χ3v) is 18.3. The molecule has 0 aromatic heterocycles. The Labute approximate surface area is 183 Å². The van der Waals surface area contributed by atoms with E-state index in [-0.39, 0.29) is 0 Å². The second-order valence-corrected chi connectivity index (χ2v) is 17.8. The van der Waals surface area contributed by atoms with Crippen molar-refractivity contribution < 1.29 is 0 Å². The van der Waals surface area contributed by atoms with Crippen LogP contribution in [0.4, 0.5) is 0 Å². The average Bonchev–Trinajstić information content (AvgIpc) is 2.51. The summed E-state index contributed by atoms with van der Waals surface area (Å²) in [6, 6.07) is 13.8. The maximum atomic E-state index is 8.09. The number of rotatable bonds is 3. The molecule has 0 N–H and O–H groups in total. The third kappa shape index (κ3) is 3.82. The zero-order valence-electron chi connectivity index (χ0n) is 19.3. The number of aryl methyl sites for hydroxylation is 9. The van der Waals surface area contributed by atoms with Gasteiger partial charge in [-0.3, -0.25) is 0 Å². The molecule has 2 heteroatoms. The molecule has 0 unspecified atom stereocenters. The van der Waals surface area contributed by atoms with Gasteiger partial charge in [-0.1, -0.05) is 0 Å². The van der Waals surface area contributed by atoms with E-state index in [2.05, 4.69) is 98.7 Å². The van der Waals surface area contributed by atoms with E-state index in [0.717, 1.165) is 0 Å². The van der Waals surface area contributed by atoms with Crippen molar-refractivity contribution in [1.82, 2.24) is 0 Å². The fourth-order valence-electron chi connectivity index (χ4n) is 5.55. The van der Waals surface area contributed by atoms with Crippen LogP contribution >= 0.6 is 10.0 Å². The molecular weight excluding hydrogens is 432 g/mol. The first-order chi connectivity index (χ1) is 13.5. The zero-order chi connectivity index (χ0) is 21.7. The van der Waals surface area contributed by atoms with Gasteiger partial charge in [0.2, 0.25) is 0 Å². The van der Waals surface area contributed by atoms with Crippen LogP contribution in [-0.4, -0.2) is 12.3 Å². The van der Waals surface area contributed by atoms with Gasteiger partial charge in [0.05, 0.1) is 0 Å². The molecule has 0 aliphatic carbocycles. The van der Waals surface area contributed by atoms with Crippen LogP contribution in [0.25, 0.3) is 0 Å². The minimum atomic E-state index is -3.45. The maximum absolute atomic E-state index is 8.09. The molecule has 3 aromatic carbocycles. The Morgan fingerprint density at radius 3 is 0.759 bits per heavy atom. The second kappa shape index (κ2) is 7.97. The molecule has 29 heavy (non-hydrogen) atoms. The molecule has 0 nitrogen and oxygen atoms in total. The minimum absolute atomic E-state index is 1.31. The zero-order valence-corrected chi connectivity index (χ0v) is 22.2. The molecule has 0 saturated carbocycles. The molecule has 0 saturated heterocycles. The molecule has 0 atom stereocenters. The van der Waals surface area contributed by atoms with Crippen LogP contribution in [0.5, 0.6) is 0 Å². The Morgan fingerprint density at radius 1 is 0.414 bits per heavy atom. The van der Waals surface area contributed by atoms with Gasteiger partial charge in [0.25, 0.3) is 0 Å². The number of hydrogen-bond acceptors (Lipinski definition) is 0. The van der Waals surface area contributed by atoms with Crippen LogP contribution in [0.1, 0.15) is 50.1 Å². The van der Waals surface area contributed by atoms with E-state index in [1.807, 2.05) is 0 Å². The van der Waals surface area contributed by atoms with E-state index >= 15 is 0 Å². The van der Waals surface area contributed by atoms with Crippen molar-refractivity contribution in [2.75, 3.05) is 0 Å². The summed E-state index contributed by atoms with van der Waals surface area (Å²) in [4.78, 5) is 0. The van der Waals surface area contributed by atoms with Crippen molar-refractivity contribution in [3.8, 4) is 0 Å². The number of benzene rings is 3. The first kappa shape index (κ1) is 22.2. The van der Waals surface area contributed by atoms with E-state index in [1.165, 1.54) is 63.3 Å². The molecule has 0 aliphatic heterocycles. The first-order valence-electron chi connectivity index (χ1n) is 10.4. The van der Waals surface area contributed by atoms with E-state index < -0.39 is 12.3 Å². The standard InChI is InChI=1S/C27H33ClGe/c1-16-10-19(4)25(20(5)11-16)29(28,26-21(6)12-17(2)13-22(26)7)27-23(8)14-18(3)15-24(27)9/h10-15H,1-9H3.